The number of ether oxygens (including phenoxy) is 1. The van der Waals surface area contributed by atoms with Gasteiger partial charge >= 0.3 is 0 Å². The molecule has 0 saturated carbocycles. The quantitative estimate of drug-likeness (QED) is 0.871. The molecule has 1 aliphatic heterocycles. The first-order valence-corrected chi connectivity index (χ1v) is 7.29. The highest BCUT2D eigenvalue weighted by atomic mass is 16.5. The van der Waals surface area contributed by atoms with Crippen LogP contribution in [0.3, 0.4) is 0 Å². The minimum atomic E-state index is -0.494. The Labute approximate surface area is 114 Å². The van der Waals surface area contributed by atoms with Gasteiger partial charge in [0, 0.05) is 12.0 Å². The molecule has 0 radical (unpaired) electrons. The predicted molar refractivity (Wildman–Crippen MR) is 75.1 cm³/mol. The summed E-state index contributed by atoms with van der Waals surface area (Å²) in [5.74, 6) is 0. The zero-order valence-corrected chi connectivity index (χ0v) is 11.5. The molecule has 3 nitrogen and oxygen atoms in total. The number of aryl methyl sites for hydroxylation is 1. The molecule has 1 aliphatic carbocycles. The van der Waals surface area contributed by atoms with Gasteiger partial charge in [-0.25, -0.2) is 0 Å². The van der Waals surface area contributed by atoms with Crippen LogP contribution in [-0.4, -0.2) is 30.0 Å². The molecule has 3 N–H and O–H groups in total. The second-order valence-electron chi connectivity index (χ2n) is 6.02. The molecule has 0 bridgehead atoms. The van der Waals surface area contributed by atoms with Crippen LogP contribution >= 0.6 is 0 Å². The molecule has 1 fully saturated rings. The van der Waals surface area contributed by atoms with Crippen molar-refractivity contribution < 1.29 is 9.84 Å². The molecule has 4 atom stereocenters. The minimum Gasteiger partial charge on any atom is -0.389 e. The Morgan fingerprint density at radius 3 is 2.89 bits per heavy atom. The lowest BCUT2D eigenvalue weighted by Gasteiger charge is -2.37. The van der Waals surface area contributed by atoms with Crippen LogP contribution in [0, 0.1) is 0 Å². The molecule has 0 spiro atoms. The Hall–Kier alpha value is -0.900. The van der Waals surface area contributed by atoms with Gasteiger partial charge in [-0.3, -0.25) is 0 Å². The van der Waals surface area contributed by atoms with Gasteiger partial charge in [-0.05, 0) is 43.7 Å². The summed E-state index contributed by atoms with van der Waals surface area (Å²) in [6, 6.07) is 8.37. The molecule has 19 heavy (non-hydrogen) atoms. The summed E-state index contributed by atoms with van der Waals surface area (Å²) in [5.41, 5.74) is 8.32. The normalized spacial score (nSPS) is 35.3. The molecule has 1 saturated heterocycles. The van der Waals surface area contributed by atoms with Crippen molar-refractivity contribution in [3.05, 3.63) is 35.4 Å². The average molecular weight is 261 g/mol. The first-order chi connectivity index (χ1) is 9.17. The van der Waals surface area contributed by atoms with E-state index in [4.69, 9.17) is 10.5 Å². The summed E-state index contributed by atoms with van der Waals surface area (Å²) in [6.45, 7) is 2.56. The van der Waals surface area contributed by atoms with Gasteiger partial charge in [0.15, 0.2) is 0 Å². The van der Waals surface area contributed by atoms with E-state index < -0.39 is 6.10 Å². The van der Waals surface area contributed by atoms with E-state index in [1.165, 1.54) is 11.1 Å². The molecule has 0 aromatic heterocycles. The van der Waals surface area contributed by atoms with Gasteiger partial charge in [0.2, 0.25) is 0 Å². The molecule has 2 aliphatic rings. The number of hydrogen-bond acceptors (Lipinski definition) is 3. The van der Waals surface area contributed by atoms with E-state index in [1.54, 1.807) is 0 Å². The molecule has 4 unspecified atom stereocenters. The summed E-state index contributed by atoms with van der Waals surface area (Å²) in [7, 11) is 0. The lowest BCUT2D eigenvalue weighted by atomic mass is 9.74. The first-order valence-electron chi connectivity index (χ1n) is 7.29. The number of fused-ring (bicyclic) bond motifs is 1. The van der Waals surface area contributed by atoms with Gasteiger partial charge in [-0.2, -0.15) is 0 Å². The third-order valence-electron chi connectivity index (χ3n) is 4.94. The van der Waals surface area contributed by atoms with Gasteiger partial charge in [0.05, 0.1) is 18.3 Å². The predicted octanol–water partition coefficient (Wildman–Crippen LogP) is 1.76. The van der Waals surface area contributed by atoms with E-state index in [0.717, 1.165) is 25.7 Å². The van der Waals surface area contributed by atoms with E-state index in [-0.39, 0.29) is 17.6 Å². The number of aliphatic hydroxyl groups is 1. The van der Waals surface area contributed by atoms with Gasteiger partial charge < -0.3 is 15.6 Å². The van der Waals surface area contributed by atoms with E-state index in [2.05, 4.69) is 25.1 Å². The van der Waals surface area contributed by atoms with Crippen LogP contribution in [0.4, 0.5) is 0 Å². The van der Waals surface area contributed by atoms with Crippen molar-refractivity contribution in [1.29, 1.82) is 0 Å². The zero-order valence-electron chi connectivity index (χ0n) is 11.5. The Kier molecular flexibility index (Phi) is 3.37. The van der Waals surface area contributed by atoms with Crippen molar-refractivity contribution in [2.75, 3.05) is 6.54 Å². The first kappa shape index (κ1) is 13.1. The smallest absolute Gasteiger partial charge is 0.0910 e. The molecular formula is C16H23NO2. The lowest BCUT2D eigenvalue weighted by molar-refractivity contribution is -0.0622. The highest BCUT2D eigenvalue weighted by molar-refractivity contribution is 5.41. The van der Waals surface area contributed by atoms with Crippen LogP contribution in [0.1, 0.15) is 37.3 Å². The second kappa shape index (κ2) is 4.89. The molecule has 0 amide bonds. The lowest BCUT2D eigenvalue weighted by Crippen LogP contribution is -2.50. The van der Waals surface area contributed by atoms with E-state index in [9.17, 15) is 5.11 Å². The maximum atomic E-state index is 10.9. The number of hydrogen-bond donors (Lipinski definition) is 2. The van der Waals surface area contributed by atoms with Crippen LogP contribution in [0.25, 0.3) is 0 Å². The zero-order chi connectivity index (χ0) is 13.5. The van der Waals surface area contributed by atoms with Crippen molar-refractivity contribution in [2.24, 2.45) is 5.73 Å². The maximum absolute atomic E-state index is 10.9. The topological polar surface area (TPSA) is 55.5 Å². The Morgan fingerprint density at radius 2 is 2.21 bits per heavy atom. The SMILES string of the molecule is CC1CCC(C(O)C2(CN)CCc3ccccc32)O1. The Morgan fingerprint density at radius 1 is 1.42 bits per heavy atom. The van der Waals surface area contributed by atoms with E-state index in [0.29, 0.717) is 6.54 Å². The van der Waals surface area contributed by atoms with Crippen molar-refractivity contribution in [1.82, 2.24) is 0 Å². The van der Waals surface area contributed by atoms with Gasteiger partial charge in [-0.15, -0.1) is 0 Å². The van der Waals surface area contributed by atoms with Crippen molar-refractivity contribution in [3.63, 3.8) is 0 Å². The highest BCUT2D eigenvalue weighted by Gasteiger charge is 2.48. The van der Waals surface area contributed by atoms with Gasteiger partial charge in [0.1, 0.15) is 0 Å². The fourth-order valence-corrected chi connectivity index (χ4v) is 3.78. The minimum absolute atomic E-state index is 0.0651. The number of rotatable bonds is 3. The molecule has 1 aromatic carbocycles. The molecule has 1 heterocycles. The third kappa shape index (κ3) is 2.00. The van der Waals surface area contributed by atoms with Crippen molar-refractivity contribution in [3.8, 4) is 0 Å². The van der Waals surface area contributed by atoms with Gasteiger partial charge in [0.25, 0.3) is 0 Å². The Balaban J connectivity index is 1.92. The summed E-state index contributed by atoms with van der Waals surface area (Å²) in [6.07, 6.45) is 3.60. The fourth-order valence-electron chi connectivity index (χ4n) is 3.78. The van der Waals surface area contributed by atoms with Crippen LogP contribution in [0.15, 0.2) is 24.3 Å². The van der Waals surface area contributed by atoms with Crippen LogP contribution in [-0.2, 0) is 16.6 Å². The molecule has 1 aromatic rings. The third-order valence-corrected chi connectivity index (χ3v) is 4.94. The van der Waals surface area contributed by atoms with Gasteiger partial charge in [-0.1, -0.05) is 24.3 Å². The summed E-state index contributed by atoms with van der Waals surface area (Å²) < 4.78 is 5.87. The van der Waals surface area contributed by atoms with E-state index in [1.807, 2.05) is 6.07 Å². The van der Waals surface area contributed by atoms with Crippen molar-refractivity contribution in [2.45, 2.75) is 56.3 Å². The standard InChI is InChI=1S/C16H23NO2/c1-11-6-7-14(19-11)15(18)16(10-17)9-8-12-4-2-3-5-13(12)16/h2-5,11,14-15,18H,6-10,17H2,1H3. The van der Waals surface area contributed by atoms with Crippen LogP contribution < -0.4 is 5.73 Å². The molecular weight excluding hydrogens is 238 g/mol. The monoisotopic (exact) mass is 261 g/mol. The summed E-state index contributed by atoms with van der Waals surface area (Å²) in [4.78, 5) is 0. The fraction of sp³-hybridized carbons (Fsp3) is 0.625. The summed E-state index contributed by atoms with van der Waals surface area (Å²) in [5, 5.41) is 10.9. The molecule has 104 valence electrons. The highest BCUT2D eigenvalue weighted by Crippen LogP contribution is 2.43. The average Bonchev–Trinajstić information content (AvgIpc) is 3.02. The molecule has 3 heteroatoms. The second-order valence-corrected chi connectivity index (χ2v) is 6.02. The maximum Gasteiger partial charge on any atom is 0.0910 e. The Bertz CT molecular complexity index is 462. The van der Waals surface area contributed by atoms with Crippen molar-refractivity contribution >= 4 is 0 Å². The van der Waals surface area contributed by atoms with Crippen LogP contribution in [0.2, 0.25) is 0 Å². The number of benzene rings is 1. The summed E-state index contributed by atoms with van der Waals surface area (Å²) >= 11 is 0. The van der Waals surface area contributed by atoms with E-state index >= 15 is 0 Å². The number of nitrogens with two attached hydrogens (primary N) is 1. The largest absolute Gasteiger partial charge is 0.389 e. The molecule has 3 rings (SSSR count). The van der Waals surface area contributed by atoms with Crippen LogP contribution in [0.5, 0.6) is 0 Å². The number of aliphatic hydroxyl groups excluding tert-OH is 1.